The Morgan fingerprint density at radius 1 is 0.370 bits per heavy atom. The van der Waals surface area contributed by atoms with Gasteiger partial charge in [-0.05, 0) is 51.4 Å². The predicted octanol–water partition coefficient (Wildman–Crippen LogP) is 21.2. The highest BCUT2D eigenvalue weighted by Gasteiger charge is 2.20. The summed E-state index contributed by atoms with van der Waals surface area (Å²) in [5, 5.41) is 23.4. The Morgan fingerprint density at radius 3 is 0.973 bits per heavy atom. The second-order valence-corrected chi connectivity index (χ2v) is 23.2. The van der Waals surface area contributed by atoms with E-state index in [0.717, 1.165) is 51.4 Å². The quantitative estimate of drug-likeness (QED) is 0.0320. The Bertz CT molecular complexity index is 1100. The van der Waals surface area contributed by atoms with E-state index in [-0.39, 0.29) is 18.5 Å². The maximum atomic E-state index is 12.5. The van der Waals surface area contributed by atoms with Gasteiger partial charge in [-0.2, -0.15) is 0 Å². The van der Waals surface area contributed by atoms with Gasteiger partial charge in [0.25, 0.3) is 0 Å². The zero-order valence-electron chi connectivity index (χ0n) is 49.6. The summed E-state index contributed by atoms with van der Waals surface area (Å²) in [6.07, 6.45) is 76.6. The monoisotopic (exact) mass is 1030 g/mol. The fraction of sp³-hybridized carbons (Fsp3) is 0.940. The van der Waals surface area contributed by atoms with Crippen molar-refractivity contribution in [3.8, 4) is 0 Å². The molecule has 0 aliphatic carbocycles. The first kappa shape index (κ1) is 71.6. The second-order valence-electron chi connectivity index (χ2n) is 23.2. The van der Waals surface area contributed by atoms with Gasteiger partial charge in [-0.1, -0.05) is 328 Å². The molecule has 0 radical (unpaired) electrons. The maximum absolute atomic E-state index is 12.5. The van der Waals surface area contributed by atoms with Crippen molar-refractivity contribution in [2.75, 3.05) is 13.2 Å². The predicted molar refractivity (Wildman–Crippen MR) is 320 cm³/mol. The number of ether oxygens (including phenoxy) is 1. The van der Waals surface area contributed by atoms with E-state index in [1.54, 1.807) is 0 Å². The standard InChI is InChI=1S/C67H131NO5/c1-3-5-7-9-11-13-15-17-19-20-21-22-23-24-25-26-27-29-32-35-39-43-47-51-55-59-65(70)64(63-69)68-66(71)60-56-52-48-44-40-36-33-30-28-31-34-38-42-46-50-54-58-62-73-67(72)61-57-53-49-45-41-37-18-16-14-12-10-8-6-4-2/h28,31,64-65,69-70H,3-27,29-30,32-63H2,1-2H3,(H,68,71)/b31-28-. The van der Waals surface area contributed by atoms with Crippen LogP contribution in [-0.2, 0) is 14.3 Å². The van der Waals surface area contributed by atoms with Gasteiger partial charge in [0.15, 0.2) is 0 Å². The van der Waals surface area contributed by atoms with Gasteiger partial charge in [0, 0.05) is 12.8 Å². The summed E-state index contributed by atoms with van der Waals surface area (Å²) < 4.78 is 5.48. The Kier molecular flexibility index (Phi) is 61.9. The van der Waals surface area contributed by atoms with Gasteiger partial charge in [0.2, 0.25) is 5.91 Å². The summed E-state index contributed by atoms with van der Waals surface area (Å²) in [5.74, 6) is -0.0403. The molecule has 6 heteroatoms. The van der Waals surface area contributed by atoms with Gasteiger partial charge in [0.05, 0.1) is 25.4 Å². The Hall–Kier alpha value is -1.40. The van der Waals surface area contributed by atoms with Crippen LogP contribution in [0.15, 0.2) is 12.2 Å². The van der Waals surface area contributed by atoms with Crippen molar-refractivity contribution >= 4 is 11.9 Å². The van der Waals surface area contributed by atoms with E-state index in [2.05, 4.69) is 31.3 Å². The van der Waals surface area contributed by atoms with Crippen LogP contribution in [0.1, 0.15) is 380 Å². The van der Waals surface area contributed by atoms with Gasteiger partial charge in [0.1, 0.15) is 0 Å². The van der Waals surface area contributed by atoms with Crippen LogP contribution in [0.25, 0.3) is 0 Å². The molecule has 434 valence electrons. The average molecular weight is 1030 g/mol. The van der Waals surface area contributed by atoms with Crippen LogP contribution >= 0.6 is 0 Å². The topological polar surface area (TPSA) is 95.9 Å². The van der Waals surface area contributed by atoms with Crippen LogP contribution in [-0.4, -0.2) is 47.4 Å². The molecule has 0 bridgehead atoms. The van der Waals surface area contributed by atoms with Crippen LogP contribution in [0.3, 0.4) is 0 Å². The number of nitrogens with one attached hydrogen (secondary N) is 1. The minimum absolute atomic E-state index is 0.00178. The normalized spacial score (nSPS) is 12.5. The molecule has 3 N–H and O–H groups in total. The largest absolute Gasteiger partial charge is 0.466 e. The molecule has 73 heavy (non-hydrogen) atoms. The number of aliphatic hydroxyl groups excluding tert-OH is 2. The highest BCUT2D eigenvalue weighted by Crippen LogP contribution is 2.19. The van der Waals surface area contributed by atoms with E-state index in [4.69, 9.17) is 4.74 Å². The number of amides is 1. The Balaban J connectivity index is 3.43. The zero-order valence-corrected chi connectivity index (χ0v) is 49.6. The third-order valence-electron chi connectivity index (χ3n) is 15.8. The summed E-state index contributed by atoms with van der Waals surface area (Å²) in [4.78, 5) is 24.6. The molecule has 0 saturated heterocycles. The van der Waals surface area contributed by atoms with Crippen LogP contribution < -0.4 is 5.32 Å². The summed E-state index contributed by atoms with van der Waals surface area (Å²) in [7, 11) is 0. The molecule has 0 aliphatic rings. The molecule has 0 rings (SSSR count). The average Bonchev–Trinajstić information content (AvgIpc) is 3.39. The number of hydrogen-bond acceptors (Lipinski definition) is 5. The highest BCUT2D eigenvalue weighted by atomic mass is 16.5. The van der Waals surface area contributed by atoms with Gasteiger partial charge in [-0.15, -0.1) is 0 Å². The van der Waals surface area contributed by atoms with Crippen molar-refractivity contribution in [1.82, 2.24) is 5.32 Å². The molecule has 0 aromatic rings. The first-order valence-electron chi connectivity index (χ1n) is 33.4. The van der Waals surface area contributed by atoms with Crippen molar-refractivity contribution in [1.29, 1.82) is 0 Å². The molecule has 0 spiro atoms. The molecule has 2 unspecified atom stereocenters. The molecular weight excluding hydrogens is 899 g/mol. The minimum atomic E-state index is -0.673. The van der Waals surface area contributed by atoms with Crippen molar-refractivity contribution in [2.45, 2.75) is 392 Å². The summed E-state index contributed by atoms with van der Waals surface area (Å²) >= 11 is 0. The molecule has 0 saturated carbocycles. The maximum Gasteiger partial charge on any atom is 0.305 e. The lowest BCUT2D eigenvalue weighted by molar-refractivity contribution is -0.143. The molecule has 0 aromatic heterocycles. The highest BCUT2D eigenvalue weighted by molar-refractivity contribution is 5.76. The van der Waals surface area contributed by atoms with E-state index < -0.39 is 12.1 Å². The first-order valence-corrected chi connectivity index (χ1v) is 33.4. The van der Waals surface area contributed by atoms with Crippen LogP contribution in [0, 0.1) is 0 Å². The summed E-state index contributed by atoms with van der Waals surface area (Å²) in [6, 6.07) is -0.551. The van der Waals surface area contributed by atoms with E-state index in [9.17, 15) is 19.8 Å². The lowest BCUT2D eigenvalue weighted by atomic mass is 10.0. The van der Waals surface area contributed by atoms with Crippen molar-refractivity contribution in [3.63, 3.8) is 0 Å². The summed E-state index contributed by atoms with van der Waals surface area (Å²) in [5.41, 5.74) is 0. The first-order chi connectivity index (χ1) is 36.0. The zero-order chi connectivity index (χ0) is 52.9. The SMILES string of the molecule is CCCCCCCCCCCCCCCCCCCCCCCCCCCC(O)C(CO)NC(=O)CCCCCCCCC/C=C\CCCCCCCCOC(=O)CCCCCCCCCCCCCCCC. The molecule has 2 atom stereocenters. The number of unbranched alkanes of at least 4 members (excludes halogenated alkanes) is 50. The fourth-order valence-electron chi connectivity index (χ4n) is 10.7. The van der Waals surface area contributed by atoms with Gasteiger partial charge in [-0.25, -0.2) is 0 Å². The number of allylic oxidation sites excluding steroid dienone is 2. The number of carbonyl (C=O) groups is 2. The van der Waals surface area contributed by atoms with Crippen LogP contribution in [0.4, 0.5) is 0 Å². The molecular formula is C67H131NO5. The van der Waals surface area contributed by atoms with E-state index in [0.29, 0.717) is 25.9 Å². The van der Waals surface area contributed by atoms with Crippen molar-refractivity contribution in [3.05, 3.63) is 12.2 Å². The van der Waals surface area contributed by atoms with E-state index in [1.165, 1.54) is 295 Å². The number of esters is 1. The van der Waals surface area contributed by atoms with Gasteiger partial charge < -0.3 is 20.3 Å². The van der Waals surface area contributed by atoms with E-state index in [1.807, 2.05) is 0 Å². The third-order valence-corrected chi connectivity index (χ3v) is 15.8. The molecule has 0 heterocycles. The number of aliphatic hydroxyl groups is 2. The molecule has 0 aliphatic heterocycles. The third kappa shape index (κ3) is 59.7. The van der Waals surface area contributed by atoms with Crippen LogP contribution in [0.2, 0.25) is 0 Å². The molecule has 0 aromatic carbocycles. The van der Waals surface area contributed by atoms with Gasteiger partial charge in [-0.3, -0.25) is 9.59 Å². The fourth-order valence-corrected chi connectivity index (χ4v) is 10.7. The lowest BCUT2D eigenvalue weighted by Gasteiger charge is -2.22. The van der Waals surface area contributed by atoms with E-state index >= 15 is 0 Å². The van der Waals surface area contributed by atoms with Crippen LogP contribution in [0.5, 0.6) is 0 Å². The Labute approximate surface area is 457 Å². The molecule has 0 fully saturated rings. The molecule has 1 amide bonds. The number of carbonyl (C=O) groups excluding carboxylic acids is 2. The van der Waals surface area contributed by atoms with Crippen molar-refractivity contribution in [2.24, 2.45) is 0 Å². The second kappa shape index (κ2) is 63.1. The minimum Gasteiger partial charge on any atom is -0.466 e. The number of hydrogen-bond donors (Lipinski definition) is 3. The lowest BCUT2D eigenvalue weighted by Crippen LogP contribution is -2.45. The van der Waals surface area contributed by atoms with Crippen molar-refractivity contribution < 1.29 is 24.5 Å². The van der Waals surface area contributed by atoms with Gasteiger partial charge >= 0.3 is 5.97 Å². The molecule has 6 nitrogen and oxygen atoms in total. The summed E-state index contributed by atoms with van der Waals surface area (Å²) in [6.45, 7) is 4.97. The smallest absolute Gasteiger partial charge is 0.305 e. The number of rotatable bonds is 63. The Morgan fingerprint density at radius 2 is 0.644 bits per heavy atom.